The number of halogens is 1. The molecule has 0 spiro atoms. The lowest BCUT2D eigenvalue weighted by Crippen LogP contribution is -2.40. The van der Waals surface area contributed by atoms with E-state index in [-0.39, 0.29) is 17.3 Å². The van der Waals surface area contributed by atoms with Gasteiger partial charge in [0, 0.05) is 12.1 Å². The Hall–Kier alpha value is -1.98. The maximum absolute atomic E-state index is 13.3. The number of nitro benzene ring substituents is 1. The Labute approximate surface area is 122 Å². The molecule has 5 nitrogen and oxygen atoms in total. The summed E-state index contributed by atoms with van der Waals surface area (Å²) >= 11 is 0. The molecule has 1 aliphatic carbocycles. The molecular weight excluding hydrogens is 275 g/mol. The lowest BCUT2D eigenvalue weighted by atomic mass is 9.80. The van der Waals surface area contributed by atoms with E-state index in [1.165, 1.54) is 0 Å². The number of carbonyl (C=O) groups excluding carboxylic acids is 1. The van der Waals surface area contributed by atoms with Gasteiger partial charge in [-0.15, -0.1) is 0 Å². The minimum Gasteiger partial charge on any atom is -0.349 e. The van der Waals surface area contributed by atoms with Crippen molar-refractivity contribution in [2.45, 2.75) is 39.2 Å². The molecular formula is C15H19FN2O3. The highest BCUT2D eigenvalue weighted by atomic mass is 19.1. The maximum atomic E-state index is 13.3. The lowest BCUT2D eigenvalue weighted by molar-refractivity contribution is -0.385. The van der Waals surface area contributed by atoms with E-state index in [1.807, 2.05) is 0 Å². The van der Waals surface area contributed by atoms with Gasteiger partial charge in [0.25, 0.3) is 11.6 Å². The molecule has 0 aromatic heterocycles. The zero-order valence-electron chi connectivity index (χ0n) is 12.1. The highest BCUT2D eigenvalue weighted by molar-refractivity contribution is 5.98. The first-order valence-corrected chi connectivity index (χ1v) is 7.11. The van der Waals surface area contributed by atoms with Crippen molar-refractivity contribution in [2.75, 3.05) is 0 Å². The number of carbonyl (C=O) groups is 1. The summed E-state index contributed by atoms with van der Waals surface area (Å²) in [5.41, 5.74) is -0.586. The smallest absolute Gasteiger partial charge is 0.282 e. The number of rotatable bonds is 3. The molecule has 1 aromatic rings. The Morgan fingerprint density at radius 2 is 1.90 bits per heavy atom. The van der Waals surface area contributed by atoms with Gasteiger partial charge >= 0.3 is 0 Å². The van der Waals surface area contributed by atoms with Crippen LogP contribution < -0.4 is 5.32 Å². The van der Waals surface area contributed by atoms with Crippen LogP contribution in [0.3, 0.4) is 0 Å². The zero-order chi connectivity index (χ0) is 15.6. The molecule has 0 radical (unpaired) electrons. The van der Waals surface area contributed by atoms with Gasteiger partial charge < -0.3 is 5.32 Å². The quantitative estimate of drug-likeness (QED) is 0.686. The molecule has 2 unspecified atom stereocenters. The van der Waals surface area contributed by atoms with Crippen LogP contribution in [0.25, 0.3) is 0 Å². The van der Waals surface area contributed by atoms with Crippen LogP contribution in [0, 0.1) is 27.8 Å². The van der Waals surface area contributed by atoms with E-state index < -0.39 is 16.6 Å². The predicted molar refractivity (Wildman–Crippen MR) is 76.5 cm³/mol. The predicted octanol–water partition coefficient (Wildman–Crippen LogP) is 3.29. The standard InChI is InChI=1S/C15H19FN2O3/c1-9-5-10(2)7-12(6-9)17-15(19)13-8-11(16)3-4-14(13)18(20)21/h3-4,8-10,12H,5-7H2,1-2H3,(H,17,19). The number of hydrogen-bond donors (Lipinski definition) is 1. The molecule has 1 saturated carbocycles. The molecule has 1 aliphatic rings. The third kappa shape index (κ3) is 3.77. The minimum atomic E-state index is -0.666. The molecule has 6 heteroatoms. The third-order valence-corrected chi connectivity index (χ3v) is 3.91. The molecule has 2 rings (SSSR count). The molecule has 0 heterocycles. The van der Waals surface area contributed by atoms with Crippen molar-refractivity contribution < 1.29 is 14.1 Å². The maximum Gasteiger partial charge on any atom is 0.282 e. The molecule has 0 aliphatic heterocycles. The number of nitrogens with zero attached hydrogens (tertiary/aromatic N) is 1. The van der Waals surface area contributed by atoms with Gasteiger partial charge in [-0.25, -0.2) is 4.39 Å². The van der Waals surface area contributed by atoms with Gasteiger partial charge in [-0.3, -0.25) is 14.9 Å². The van der Waals surface area contributed by atoms with Crippen molar-refractivity contribution in [1.82, 2.24) is 5.32 Å². The van der Waals surface area contributed by atoms with Gasteiger partial charge in [0.15, 0.2) is 0 Å². The molecule has 21 heavy (non-hydrogen) atoms. The van der Waals surface area contributed by atoms with Gasteiger partial charge in [-0.1, -0.05) is 13.8 Å². The van der Waals surface area contributed by atoms with Crippen LogP contribution in [-0.2, 0) is 0 Å². The average Bonchev–Trinajstić information content (AvgIpc) is 2.36. The summed E-state index contributed by atoms with van der Waals surface area (Å²) in [6.07, 6.45) is 2.81. The highest BCUT2D eigenvalue weighted by Crippen LogP contribution is 2.29. The van der Waals surface area contributed by atoms with E-state index in [0.717, 1.165) is 37.5 Å². The molecule has 1 aromatic carbocycles. The first-order chi connectivity index (χ1) is 9.86. The number of hydrogen-bond acceptors (Lipinski definition) is 3. The van der Waals surface area contributed by atoms with E-state index >= 15 is 0 Å². The van der Waals surface area contributed by atoms with Gasteiger partial charge in [-0.05, 0) is 43.2 Å². The normalized spacial score (nSPS) is 25.4. The van der Waals surface area contributed by atoms with Gasteiger partial charge in [0.1, 0.15) is 11.4 Å². The number of amides is 1. The molecule has 2 atom stereocenters. The summed E-state index contributed by atoms with van der Waals surface area (Å²) in [5, 5.41) is 13.7. The van der Waals surface area contributed by atoms with Gasteiger partial charge in [-0.2, -0.15) is 0 Å². The van der Waals surface area contributed by atoms with E-state index in [1.54, 1.807) is 0 Å². The highest BCUT2D eigenvalue weighted by Gasteiger charge is 2.28. The average molecular weight is 294 g/mol. The van der Waals surface area contributed by atoms with E-state index in [9.17, 15) is 19.3 Å². The van der Waals surface area contributed by atoms with Gasteiger partial charge in [0.2, 0.25) is 0 Å². The number of benzene rings is 1. The molecule has 114 valence electrons. The van der Waals surface area contributed by atoms with Crippen molar-refractivity contribution in [3.05, 3.63) is 39.7 Å². The summed E-state index contributed by atoms with van der Waals surface area (Å²) in [4.78, 5) is 22.5. The monoisotopic (exact) mass is 294 g/mol. The van der Waals surface area contributed by atoms with E-state index in [4.69, 9.17) is 0 Å². The SMILES string of the molecule is CC1CC(C)CC(NC(=O)c2cc(F)ccc2[N+](=O)[O-])C1. The van der Waals surface area contributed by atoms with Crippen LogP contribution in [0.15, 0.2) is 18.2 Å². The van der Waals surface area contributed by atoms with Crippen molar-refractivity contribution in [3.8, 4) is 0 Å². The first-order valence-electron chi connectivity index (χ1n) is 7.11. The Morgan fingerprint density at radius 1 is 1.29 bits per heavy atom. The van der Waals surface area contributed by atoms with E-state index in [0.29, 0.717) is 11.8 Å². The third-order valence-electron chi connectivity index (χ3n) is 3.91. The fourth-order valence-corrected chi connectivity index (χ4v) is 3.18. The molecule has 0 saturated heterocycles. The Kier molecular flexibility index (Phi) is 4.55. The number of nitrogens with one attached hydrogen (secondary N) is 1. The van der Waals surface area contributed by atoms with Crippen LogP contribution in [-0.4, -0.2) is 16.9 Å². The number of nitro groups is 1. The second-order valence-electron chi connectivity index (χ2n) is 6.01. The molecule has 1 N–H and O–H groups in total. The Balaban J connectivity index is 2.16. The summed E-state index contributed by atoms with van der Waals surface area (Å²) in [5.74, 6) is -0.230. The topological polar surface area (TPSA) is 72.2 Å². The Bertz CT molecular complexity index is 552. The lowest BCUT2D eigenvalue weighted by Gasteiger charge is -2.31. The largest absolute Gasteiger partial charge is 0.349 e. The zero-order valence-corrected chi connectivity index (χ0v) is 12.1. The summed E-state index contributed by atoms with van der Waals surface area (Å²) in [7, 11) is 0. The van der Waals surface area contributed by atoms with Crippen molar-refractivity contribution >= 4 is 11.6 Å². The minimum absolute atomic E-state index is 0.0147. The van der Waals surface area contributed by atoms with Crippen molar-refractivity contribution in [3.63, 3.8) is 0 Å². The molecule has 1 amide bonds. The van der Waals surface area contributed by atoms with Crippen LogP contribution in [0.2, 0.25) is 0 Å². The Morgan fingerprint density at radius 3 is 2.48 bits per heavy atom. The summed E-state index contributed by atoms with van der Waals surface area (Å²) in [6.45, 7) is 4.25. The molecule has 0 bridgehead atoms. The van der Waals surface area contributed by atoms with Crippen molar-refractivity contribution in [1.29, 1.82) is 0 Å². The van der Waals surface area contributed by atoms with Crippen LogP contribution in [0.5, 0.6) is 0 Å². The second kappa shape index (κ2) is 6.20. The van der Waals surface area contributed by atoms with Crippen LogP contribution in [0.4, 0.5) is 10.1 Å². The molecule has 1 fully saturated rings. The van der Waals surface area contributed by atoms with Crippen LogP contribution >= 0.6 is 0 Å². The van der Waals surface area contributed by atoms with Crippen molar-refractivity contribution in [2.24, 2.45) is 11.8 Å². The first kappa shape index (κ1) is 15.4. The van der Waals surface area contributed by atoms with Gasteiger partial charge in [0.05, 0.1) is 4.92 Å². The second-order valence-corrected chi connectivity index (χ2v) is 6.01. The summed E-state index contributed by atoms with van der Waals surface area (Å²) < 4.78 is 13.3. The van der Waals surface area contributed by atoms with Crippen LogP contribution in [0.1, 0.15) is 43.5 Å². The summed E-state index contributed by atoms with van der Waals surface area (Å²) in [6, 6.07) is 2.92. The van der Waals surface area contributed by atoms with E-state index in [2.05, 4.69) is 19.2 Å². The fraction of sp³-hybridized carbons (Fsp3) is 0.533. The fourth-order valence-electron chi connectivity index (χ4n) is 3.18.